The van der Waals surface area contributed by atoms with Crippen LogP contribution in [0.5, 0.6) is 0 Å². The SMILES string of the molecule is CCC(C)CCN. The van der Waals surface area contributed by atoms with E-state index < -0.39 is 0 Å². The molecule has 1 unspecified atom stereocenters. The standard InChI is InChI=1S/C6H15N/c1-3-6(2)4-5-7/h6H,3-5,7H2,1-2H3. The first-order valence-corrected chi connectivity index (χ1v) is 3.01. The Morgan fingerprint density at radius 3 is 2.29 bits per heavy atom. The predicted octanol–water partition coefficient (Wildman–Crippen LogP) is 1.38. The van der Waals surface area contributed by atoms with Gasteiger partial charge < -0.3 is 5.73 Å². The van der Waals surface area contributed by atoms with E-state index in [1.54, 1.807) is 0 Å². The van der Waals surface area contributed by atoms with Gasteiger partial charge in [0, 0.05) is 0 Å². The molecule has 0 aliphatic heterocycles. The lowest BCUT2D eigenvalue weighted by Gasteiger charge is -2.02. The van der Waals surface area contributed by atoms with Gasteiger partial charge in [0.05, 0.1) is 0 Å². The molecule has 0 aromatic rings. The van der Waals surface area contributed by atoms with E-state index in [2.05, 4.69) is 13.8 Å². The third-order valence-electron chi connectivity index (χ3n) is 1.36. The van der Waals surface area contributed by atoms with Crippen LogP contribution in [-0.2, 0) is 0 Å². The minimum Gasteiger partial charge on any atom is -0.330 e. The quantitative estimate of drug-likeness (QED) is 0.571. The molecule has 0 saturated heterocycles. The molecule has 0 radical (unpaired) electrons. The average Bonchev–Trinajstić information content (AvgIpc) is 1.68. The summed E-state index contributed by atoms with van der Waals surface area (Å²) in [6.07, 6.45) is 2.44. The summed E-state index contributed by atoms with van der Waals surface area (Å²) in [6.45, 7) is 5.27. The van der Waals surface area contributed by atoms with Crippen LogP contribution in [0.3, 0.4) is 0 Å². The monoisotopic (exact) mass is 101 g/mol. The van der Waals surface area contributed by atoms with Crippen LogP contribution in [0.4, 0.5) is 0 Å². The fraction of sp³-hybridized carbons (Fsp3) is 1.00. The minimum atomic E-state index is 0.824. The summed E-state index contributed by atoms with van der Waals surface area (Å²) < 4.78 is 0. The van der Waals surface area contributed by atoms with Crippen molar-refractivity contribution in [2.45, 2.75) is 26.7 Å². The molecule has 0 spiro atoms. The molecule has 7 heavy (non-hydrogen) atoms. The van der Waals surface area contributed by atoms with Gasteiger partial charge in [-0.25, -0.2) is 0 Å². The summed E-state index contributed by atoms with van der Waals surface area (Å²) in [5, 5.41) is 0. The van der Waals surface area contributed by atoms with Crippen LogP contribution in [0.25, 0.3) is 0 Å². The van der Waals surface area contributed by atoms with Crippen LogP contribution in [0, 0.1) is 5.92 Å². The highest BCUT2D eigenvalue weighted by atomic mass is 14.5. The molecule has 0 aromatic carbocycles. The number of hydrogen-bond acceptors (Lipinski definition) is 1. The smallest absolute Gasteiger partial charge is 0.00747 e. The Balaban J connectivity index is 2.83. The maximum Gasteiger partial charge on any atom is -0.00747 e. The van der Waals surface area contributed by atoms with Gasteiger partial charge in [0.1, 0.15) is 0 Å². The highest BCUT2D eigenvalue weighted by Gasteiger charge is 1.92. The summed E-state index contributed by atoms with van der Waals surface area (Å²) in [5.74, 6) is 0.824. The first-order chi connectivity index (χ1) is 3.31. The van der Waals surface area contributed by atoms with Gasteiger partial charge in [0.15, 0.2) is 0 Å². The van der Waals surface area contributed by atoms with Gasteiger partial charge in [-0.1, -0.05) is 20.3 Å². The topological polar surface area (TPSA) is 26.0 Å². The van der Waals surface area contributed by atoms with Gasteiger partial charge in [-0.05, 0) is 18.9 Å². The summed E-state index contributed by atoms with van der Waals surface area (Å²) in [5.41, 5.74) is 5.30. The molecule has 44 valence electrons. The molecule has 0 aliphatic rings. The van der Waals surface area contributed by atoms with Crippen LogP contribution in [0.15, 0.2) is 0 Å². The lowest BCUT2D eigenvalue weighted by atomic mass is 10.1. The number of nitrogens with two attached hydrogens (primary N) is 1. The van der Waals surface area contributed by atoms with Gasteiger partial charge in [-0.15, -0.1) is 0 Å². The van der Waals surface area contributed by atoms with E-state index in [9.17, 15) is 0 Å². The van der Waals surface area contributed by atoms with Crippen molar-refractivity contribution in [1.29, 1.82) is 0 Å². The highest BCUT2D eigenvalue weighted by Crippen LogP contribution is 2.02. The lowest BCUT2D eigenvalue weighted by molar-refractivity contribution is 0.524. The number of rotatable bonds is 3. The van der Waals surface area contributed by atoms with Crippen molar-refractivity contribution in [3.63, 3.8) is 0 Å². The molecule has 0 aliphatic carbocycles. The summed E-state index contributed by atoms with van der Waals surface area (Å²) in [6, 6.07) is 0. The van der Waals surface area contributed by atoms with Gasteiger partial charge in [-0.3, -0.25) is 0 Å². The zero-order valence-electron chi connectivity index (χ0n) is 5.28. The van der Waals surface area contributed by atoms with Crippen LogP contribution < -0.4 is 5.73 Å². The molecule has 0 amide bonds. The van der Waals surface area contributed by atoms with Crippen LogP contribution >= 0.6 is 0 Å². The Morgan fingerprint density at radius 1 is 1.57 bits per heavy atom. The Labute approximate surface area is 45.9 Å². The van der Waals surface area contributed by atoms with Crippen molar-refractivity contribution in [2.24, 2.45) is 11.7 Å². The lowest BCUT2D eigenvalue weighted by Crippen LogP contribution is -2.04. The predicted molar refractivity (Wildman–Crippen MR) is 33.1 cm³/mol. The van der Waals surface area contributed by atoms with Crippen molar-refractivity contribution in [1.82, 2.24) is 0 Å². The normalized spacial score (nSPS) is 14.1. The maximum absolute atomic E-state index is 5.30. The van der Waals surface area contributed by atoms with Gasteiger partial charge in [0.2, 0.25) is 0 Å². The third kappa shape index (κ3) is 3.80. The molecule has 0 aromatic heterocycles. The molecule has 2 N–H and O–H groups in total. The fourth-order valence-corrected chi connectivity index (χ4v) is 0.489. The van der Waals surface area contributed by atoms with Gasteiger partial charge in [-0.2, -0.15) is 0 Å². The second-order valence-electron chi connectivity index (χ2n) is 2.09. The molecule has 1 nitrogen and oxygen atoms in total. The van der Waals surface area contributed by atoms with Gasteiger partial charge in [0.25, 0.3) is 0 Å². The summed E-state index contributed by atoms with van der Waals surface area (Å²) >= 11 is 0. The second-order valence-corrected chi connectivity index (χ2v) is 2.09. The van der Waals surface area contributed by atoms with E-state index >= 15 is 0 Å². The minimum absolute atomic E-state index is 0.824. The van der Waals surface area contributed by atoms with Crippen molar-refractivity contribution >= 4 is 0 Å². The second kappa shape index (κ2) is 4.13. The van der Waals surface area contributed by atoms with Crippen molar-refractivity contribution in [2.75, 3.05) is 6.54 Å². The number of hydrogen-bond donors (Lipinski definition) is 1. The van der Waals surface area contributed by atoms with Crippen LogP contribution in [0.2, 0.25) is 0 Å². The molecule has 0 saturated carbocycles. The largest absolute Gasteiger partial charge is 0.330 e. The molecule has 0 fully saturated rings. The summed E-state index contributed by atoms with van der Waals surface area (Å²) in [7, 11) is 0. The maximum atomic E-state index is 5.30. The van der Waals surface area contributed by atoms with Crippen molar-refractivity contribution < 1.29 is 0 Å². The molecule has 0 rings (SSSR count). The Morgan fingerprint density at radius 2 is 2.14 bits per heavy atom. The van der Waals surface area contributed by atoms with Crippen LogP contribution in [0.1, 0.15) is 26.7 Å². The highest BCUT2D eigenvalue weighted by molar-refractivity contribution is 4.48. The first-order valence-electron chi connectivity index (χ1n) is 3.01. The van der Waals surface area contributed by atoms with Gasteiger partial charge >= 0.3 is 0 Å². The first kappa shape index (κ1) is 6.96. The molecule has 0 heterocycles. The molecule has 1 heteroatoms. The Hall–Kier alpha value is -0.0400. The molecule has 1 atom stereocenters. The summed E-state index contributed by atoms with van der Waals surface area (Å²) in [4.78, 5) is 0. The Kier molecular flexibility index (Phi) is 4.10. The molecule has 0 bridgehead atoms. The fourth-order valence-electron chi connectivity index (χ4n) is 0.489. The van der Waals surface area contributed by atoms with E-state index in [0.29, 0.717) is 0 Å². The zero-order chi connectivity index (χ0) is 5.70. The van der Waals surface area contributed by atoms with E-state index in [4.69, 9.17) is 5.73 Å². The van der Waals surface area contributed by atoms with Crippen molar-refractivity contribution in [3.05, 3.63) is 0 Å². The van der Waals surface area contributed by atoms with E-state index in [-0.39, 0.29) is 0 Å². The molecular formula is C6H15N. The Bertz CT molecular complexity index is 35.2. The molecular weight excluding hydrogens is 86.1 g/mol. The zero-order valence-corrected chi connectivity index (χ0v) is 5.28. The third-order valence-corrected chi connectivity index (χ3v) is 1.36. The average molecular weight is 101 g/mol. The van der Waals surface area contributed by atoms with E-state index in [0.717, 1.165) is 12.5 Å². The van der Waals surface area contributed by atoms with Crippen molar-refractivity contribution in [3.8, 4) is 0 Å². The van der Waals surface area contributed by atoms with E-state index in [1.807, 2.05) is 0 Å². The van der Waals surface area contributed by atoms with E-state index in [1.165, 1.54) is 12.8 Å². The van der Waals surface area contributed by atoms with Crippen LogP contribution in [-0.4, -0.2) is 6.54 Å².